The summed E-state index contributed by atoms with van der Waals surface area (Å²) in [5, 5.41) is 7.18. The highest BCUT2D eigenvalue weighted by Gasteiger charge is 2.24. The molecule has 1 heterocycles. The van der Waals surface area contributed by atoms with Gasteiger partial charge in [0.25, 0.3) is 11.7 Å². The van der Waals surface area contributed by atoms with Gasteiger partial charge in [-0.3, -0.25) is 9.59 Å². The number of benzene rings is 2. The number of amides is 1. The van der Waals surface area contributed by atoms with Crippen LogP contribution in [-0.4, -0.2) is 41.2 Å². The van der Waals surface area contributed by atoms with Crippen LogP contribution in [0.2, 0.25) is 0 Å². The number of ketones is 1. The van der Waals surface area contributed by atoms with Crippen molar-refractivity contribution in [1.29, 1.82) is 0 Å². The summed E-state index contributed by atoms with van der Waals surface area (Å²) in [5.41, 5.74) is 3.33. The first kappa shape index (κ1) is 23.1. The predicted octanol–water partition coefficient (Wildman–Crippen LogP) is 3.83. The molecule has 7 heteroatoms. The minimum atomic E-state index is -0.639. The van der Waals surface area contributed by atoms with Gasteiger partial charge in [-0.15, -0.1) is 0 Å². The minimum Gasteiger partial charge on any atom is -0.490 e. The molecule has 1 amide bonds. The van der Waals surface area contributed by atoms with Crippen molar-refractivity contribution < 1.29 is 19.1 Å². The Balaban J connectivity index is 1.65. The zero-order valence-electron chi connectivity index (χ0n) is 19.0. The normalized spacial score (nSPS) is 10.6. The predicted molar refractivity (Wildman–Crippen MR) is 123 cm³/mol. The molecule has 0 aliphatic rings. The van der Waals surface area contributed by atoms with E-state index in [1.807, 2.05) is 62.4 Å². The van der Waals surface area contributed by atoms with E-state index in [1.54, 1.807) is 18.5 Å². The second kappa shape index (κ2) is 10.6. The molecular formula is C25H29N3O4. The molecule has 0 bridgehead atoms. The number of aromatic nitrogens is 2. The van der Waals surface area contributed by atoms with Crippen LogP contribution in [-0.2, 0) is 11.2 Å². The first-order chi connectivity index (χ1) is 15.5. The van der Waals surface area contributed by atoms with E-state index in [-0.39, 0.29) is 0 Å². The van der Waals surface area contributed by atoms with Gasteiger partial charge in [-0.25, -0.2) is 4.68 Å². The second-order valence-corrected chi connectivity index (χ2v) is 7.28. The van der Waals surface area contributed by atoms with Crippen LogP contribution in [0.4, 0.5) is 0 Å². The molecule has 1 aromatic heterocycles. The van der Waals surface area contributed by atoms with Gasteiger partial charge >= 0.3 is 0 Å². The fourth-order valence-corrected chi connectivity index (χ4v) is 3.56. The number of carbonyl (C=O) groups is 2. The quantitative estimate of drug-likeness (QED) is 0.387. The van der Waals surface area contributed by atoms with E-state index in [4.69, 9.17) is 9.47 Å². The van der Waals surface area contributed by atoms with Crippen molar-refractivity contribution in [2.75, 3.05) is 19.8 Å². The summed E-state index contributed by atoms with van der Waals surface area (Å²) in [7, 11) is 0. The largest absolute Gasteiger partial charge is 0.490 e. The van der Waals surface area contributed by atoms with E-state index in [9.17, 15) is 9.59 Å². The topological polar surface area (TPSA) is 82.5 Å². The molecule has 0 spiro atoms. The molecule has 0 aliphatic heterocycles. The number of rotatable bonds is 10. The van der Waals surface area contributed by atoms with Crippen molar-refractivity contribution >= 4 is 11.7 Å². The highest BCUT2D eigenvalue weighted by Crippen LogP contribution is 2.28. The summed E-state index contributed by atoms with van der Waals surface area (Å²) in [5.74, 6) is 0.149. The first-order valence-electron chi connectivity index (χ1n) is 10.8. The van der Waals surface area contributed by atoms with Crippen LogP contribution in [0.3, 0.4) is 0 Å². The van der Waals surface area contributed by atoms with Crippen LogP contribution in [0.5, 0.6) is 11.5 Å². The van der Waals surface area contributed by atoms with Gasteiger partial charge < -0.3 is 14.8 Å². The Morgan fingerprint density at radius 3 is 2.34 bits per heavy atom. The smallest absolute Gasteiger partial charge is 0.292 e. The lowest BCUT2D eigenvalue weighted by Gasteiger charge is -2.12. The fourth-order valence-electron chi connectivity index (χ4n) is 3.56. The van der Waals surface area contributed by atoms with Gasteiger partial charge in [0, 0.05) is 6.54 Å². The maximum absolute atomic E-state index is 12.8. The first-order valence-corrected chi connectivity index (χ1v) is 10.8. The average molecular weight is 436 g/mol. The molecule has 0 saturated carbocycles. The van der Waals surface area contributed by atoms with Crippen molar-refractivity contribution in [3.8, 4) is 17.2 Å². The molecule has 1 N–H and O–H groups in total. The Morgan fingerprint density at radius 2 is 1.66 bits per heavy atom. The maximum atomic E-state index is 12.8. The Labute approximate surface area is 188 Å². The number of ether oxygens (including phenoxy) is 2. The van der Waals surface area contributed by atoms with E-state index >= 15 is 0 Å². The monoisotopic (exact) mass is 435 g/mol. The van der Waals surface area contributed by atoms with Gasteiger partial charge in [-0.1, -0.05) is 24.3 Å². The Hall–Kier alpha value is -3.61. The van der Waals surface area contributed by atoms with E-state index < -0.39 is 11.7 Å². The molecule has 0 unspecified atom stereocenters. The number of hydrogen-bond donors (Lipinski definition) is 1. The highest BCUT2D eigenvalue weighted by atomic mass is 16.5. The highest BCUT2D eigenvalue weighted by molar-refractivity contribution is 6.43. The number of carbonyl (C=O) groups excluding carboxylic acids is 2. The molecule has 168 valence electrons. The van der Waals surface area contributed by atoms with E-state index in [2.05, 4.69) is 10.4 Å². The van der Waals surface area contributed by atoms with Crippen molar-refractivity contribution in [3.05, 3.63) is 71.0 Å². The number of aryl methyl sites for hydroxylation is 1. The number of nitrogens with zero attached hydrogens (tertiary/aromatic N) is 2. The molecule has 0 aliphatic carbocycles. The molecule has 3 aromatic rings. The van der Waals surface area contributed by atoms with Crippen LogP contribution in [0.25, 0.3) is 5.69 Å². The number of nitrogens with one attached hydrogen (secondary N) is 1. The minimum absolute atomic E-state index is 0.328. The van der Waals surface area contributed by atoms with E-state index in [0.717, 1.165) is 11.3 Å². The lowest BCUT2D eigenvalue weighted by Crippen LogP contribution is -2.33. The number of hydrogen-bond acceptors (Lipinski definition) is 5. The molecule has 3 rings (SSSR count). The summed E-state index contributed by atoms with van der Waals surface area (Å²) in [6, 6.07) is 15.2. The standard InChI is InChI=1S/C25H29N3O4/c1-5-31-21-13-12-19(16-22(21)32-6-2)14-15-26-25(30)24(29)23-17(3)27-28(18(23)4)20-10-8-7-9-11-20/h7-13,16H,5-6,14-15H2,1-4H3,(H,26,30). The SMILES string of the molecule is CCOc1ccc(CCNC(=O)C(=O)c2c(C)nn(-c3ccccc3)c2C)cc1OCC. The van der Waals surface area contributed by atoms with Gasteiger partial charge in [0.05, 0.1) is 35.9 Å². The molecule has 0 saturated heterocycles. The summed E-state index contributed by atoms with van der Waals surface area (Å²) >= 11 is 0. The molecule has 32 heavy (non-hydrogen) atoms. The molecule has 7 nitrogen and oxygen atoms in total. The van der Waals surface area contributed by atoms with Crippen LogP contribution < -0.4 is 14.8 Å². The van der Waals surface area contributed by atoms with Gasteiger partial charge in [0.1, 0.15) is 0 Å². The van der Waals surface area contributed by atoms with Gasteiger partial charge in [-0.2, -0.15) is 5.10 Å². The van der Waals surface area contributed by atoms with Crippen LogP contribution in [0.15, 0.2) is 48.5 Å². The Kier molecular flexibility index (Phi) is 7.65. The van der Waals surface area contributed by atoms with Crippen molar-refractivity contribution in [3.63, 3.8) is 0 Å². The van der Waals surface area contributed by atoms with E-state index in [1.165, 1.54) is 0 Å². The zero-order valence-corrected chi connectivity index (χ0v) is 19.0. The van der Waals surface area contributed by atoms with Gasteiger partial charge in [0.2, 0.25) is 0 Å². The van der Waals surface area contributed by atoms with Crippen LogP contribution >= 0.6 is 0 Å². The van der Waals surface area contributed by atoms with Crippen LogP contribution in [0.1, 0.15) is 41.2 Å². The maximum Gasteiger partial charge on any atom is 0.292 e. The Morgan fingerprint density at radius 1 is 0.969 bits per heavy atom. The van der Waals surface area contributed by atoms with E-state index in [0.29, 0.717) is 54.6 Å². The molecule has 0 atom stereocenters. The van der Waals surface area contributed by atoms with Gasteiger partial charge in [0.15, 0.2) is 11.5 Å². The summed E-state index contributed by atoms with van der Waals surface area (Å²) < 4.78 is 12.9. The van der Waals surface area contributed by atoms with Crippen molar-refractivity contribution in [2.24, 2.45) is 0 Å². The summed E-state index contributed by atoms with van der Waals surface area (Å²) in [6.45, 7) is 8.78. The number of para-hydroxylation sites is 1. The van der Waals surface area contributed by atoms with Gasteiger partial charge in [-0.05, 0) is 63.9 Å². The Bertz CT molecular complexity index is 1090. The second-order valence-electron chi connectivity index (χ2n) is 7.28. The average Bonchev–Trinajstić information content (AvgIpc) is 3.09. The molecule has 0 fully saturated rings. The summed E-state index contributed by atoms with van der Waals surface area (Å²) in [4.78, 5) is 25.4. The third-order valence-corrected chi connectivity index (χ3v) is 5.03. The zero-order chi connectivity index (χ0) is 23.1. The molecular weight excluding hydrogens is 406 g/mol. The number of Topliss-reactive ketones (excluding diaryl/α,β-unsaturated/α-hetero) is 1. The molecule has 0 radical (unpaired) electrons. The van der Waals surface area contributed by atoms with Crippen molar-refractivity contribution in [2.45, 2.75) is 34.1 Å². The lowest BCUT2D eigenvalue weighted by atomic mass is 10.1. The third kappa shape index (κ3) is 5.17. The molecule has 2 aromatic carbocycles. The third-order valence-electron chi connectivity index (χ3n) is 5.03. The summed E-state index contributed by atoms with van der Waals surface area (Å²) in [6.07, 6.45) is 0.562. The van der Waals surface area contributed by atoms with Crippen LogP contribution in [0, 0.1) is 13.8 Å². The fraction of sp³-hybridized carbons (Fsp3) is 0.320. The van der Waals surface area contributed by atoms with Crippen molar-refractivity contribution in [1.82, 2.24) is 15.1 Å². The lowest BCUT2D eigenvalue weighted by molar-refractivity contribution is -0.116.